The second-order valence-electron chi connectivity index (χ2n) is 2.29. The lowest BCUT2D eigenvalue weighted by atomic mass is 10.4. The first-order valence-electron chi connectivity index (χ1n) is 3.32. The Morgan fingerprint density at radius 1 is 1.67 bits per heavy atom. The van der Waals surface area contributed by atoms with Gasteiger partial charge in [-0.1, -0.05) is 23.2 Å². The number of allylic oxidation sites excluding steroid dienone is 1. The summed E-state index contributed by atoms with van der Waals surface area (Å²) < 4.78 is 1.78. The van der Waals surface area contributed by atoms with Gasteiger partial charge < -0.3 is 4.57 Å². The average molecular weight is 204 g/mol. The summed E-state index contributed by atoms with van der Waals surface area (Å²) in [6.07, 6.45) is 4.26. The molecule has 0 saturated heterocycles. The molecule has 1 aromatic heterocycles. The lowest BCUT2D eigenvalue weighted by Crippen LogP contribution is -1.93. The van der Waals surface area contributed by atoms with Crippen molar-refractivity contribution in [2.24, 2.45) is 0 Å². The number of carbonyl (C=O) groups excluding carboxylic acids is 1. The van der Waals surface area contributed by atoms with E-state index in [1.165, 1.54) is 5.54 Å². The first-order chi connectivity index (χ1) is 5.76. The molecule has 0 bridgehead atoms. The number of halogens is 2. The van der Waals surface area contributed by atoms with E-state index in [2.05, 4.69) is 0 Å². The van der Waals surface area contributed by atoms with Gasteiger partial charge in [0.05, 0.1) is 6.54 Å². The van der Waals surface area contributed by atoms with Gasteiger partial charge in [-0.05, 0) is 6.07 Å². The number of hydrogen-bond acceptors (Lipinski definition) is 1. The van der Waals surface area contributed by atoms with E-state index in [-0.39, 0.29) is 0 Å². The number of hydrogen-bond donors (Lipinski definition) is 0. The van der Waals surface area contributed by atoms with Gasteiger partial charge in [-0.25, -0.2) is 0 Å². The second-order valence-corrected chi connectivity index (χ2v) is 2.99. The molecular formula is C8H7Cl2NO. The smallest absolute Gasteiger partial charge is 0.151 e. The molecule has 0 atom stereocenters. The van der Waals surface area contributed by atoms with Gasteiger partial charge in [0.15, 0.2) is 6.29 Å². The largest absolute Gasteiger partial charge is 0.348 e. The van der Waals surface area contributed by atoms with Crippen molar-refractivity contribution in [3.05, 3.63) is 34.6 Å². The fourth-order valence-electron chi connectivity index (χ4n) is 0.836. The van der Waals surface area contributed by atoms with E-state index >= 15 is 0 Å². The Labute approximate surface area is 80.4 Å². The maximum atomic E-state index is 10.3. The molecule has 0 aromatic carbocycles. The van der Waals surface area contributed by atoms with Crippen LogP contribution in [-0.4, -0.2) is 10.9 Å². The van der Waals surface area contributed by atoms with Crippen LogP contribution >= 0.6 is 23.2 Å². The van der Waals surface area contributed by atoms with Crippen molar-refractivity contribution < 1.29 is 4.79 Å². The lowest BCUT2D eigenvalue weighted by molar-refractivity contribution is 0.112. The van der Waals surface area contributed by atoms with E-state index in [9.17, 15) is 4.79 Å². The third kappa shape index (κ3) is 2.40. The average Bonchev–Trinajstić information content (AvgIpc) is 2.52. The highest BCUT2D eigenvalue weighted by Gasteiger charge is 1.96. The molecule has 0 spiro atoms. The maximum absolute atomic E-state index is 10.3. The van der Waals surface area contributed by atoms with Crippen LogP contribution in [0.4, 0.5) is 0 Å². The quantitative estimate of drug-likeness (QED) is 0.693. The molecule has 0 aliphatic carbocycles. The molecule has 1 heterocycles. The van der Waals surface area contributed by atoms with Crippen LogP contribution in [0.15, 0.2) is 29.0 Å². The van der Waals surface area contributed by atoms with Crippen LogP contribution in [-0.2, 0) is 6.54 Å². The molecule has 4 heteroatoms. The summed E-state index contributed by atoms with van der Waals surface area (Å²) >= 11 is 11.0. The Hall–Kier alpha value is -0.730. The topological polar surface area (TPSA) is 22.0 Å². The van der Waals surface area contributed by atoms with Crippen LogP contribution in [0.5, 0.6) is 0 Å². The van der Waals surface area contributed by atoms with Crippen molar-refractivity contribution in [3.63, 3.8) is 0 Å². The summed E-state index contributed by atoms with van der Waals surface area (Å²) in [6, 6.07) is 1.71. The van der Waals surface area contributed by atoms with E-state index < -0.39 is 0 Å². The maximum Gasteiger partial charge on any atom is 0.151 e. The van der Waals surface area contributed by atoms with Crippen LogP contribution in [0.2, 0.25) is 0 Å². The van der Waals surface area contributed by atoms with Crippen LogP contribution in [0, 0.1) is 0 Å². The van der Waals surface area contributed by atoms with Crippen molar-refractivity contribution in [1.82, 2.24) is 4.57 Å². The number of carbonyl (C=O) groups is 1. The lowest BCUT2D eigenvalue weighted by Gasteiger charge is -1.98. The fraction of sp³-hybridized carbons (Fsp3) is 0.125. The zero-order chi connectivity index (χ0) is 8.97. The van der Waals surface area contributed by atoms with E-state index in [4.69, 9.17) is 23.2 Å². The minimum atomic E-state index is 0.499. The van der Waals surface area contributed by atoms with Crippen molar-refractivity contribution in [3.8, 4) is 0 Å². The molecule has 2 nitrogen and oxygen atoms in total. The van der Waals surface area contributed by atoms with Gasteiger partial charge in [-0.3, -0.25) is 4.79 Å². The van der Waals surface area contributed by atoms with E-state index in [0.717, 1.165) is 6.29 Å². The zero-order valence-electron chi connectivity index (χ0n) is 6.21. The molecule has 0 aliphatic heterocycles. The monoisotopic (exact) mass is 203 g/mol. The highest BCUT2D eigenvalue weighted by atomic mass is 35.5. The number of rotatable bonds is 3. The highest BCUT2D eigenvalue weighted by molar-refractivity contribution is 6.36. The van der Waals surface area contributed by atoms with Gasteiger partial charge >= 0.3 is 0 Å². The third-order valence-electron chi connectivity index (χ3n) is 1.36. The van der Waals surface area contributed by atoms with E-state index in [1.54, 1.807) is 23.0 Å². The van der Waals surface area contributed by atoms with Gasteiger partial charge in [-0.2, -0.15) is 0 Å². The minimum absolute atomic E-state index is 0.499. The van der Waals surface area contributed by atoms with Gasteiger partial charge in [0.2, 0.25) is 0 Å². The van der Waals surface area contributed by atoms with Crippen LogP contribution in [0.25, 0.3) is 0 Å². The first kappa shape index (κ1) is 9.36. The number of aromatic nitrogens is 1. The summed E-state index contributed by atoms with van der Waals surface area (Å²) in [6.45, 7) is 0.499. The Kier molecular flexibility index (Phi) is 3.38. The fourth-order valence-corrected chi connectivity index (χ4v) is 1.04. The Morgan fingerprint density at radius 3 is 2.92 bits per heavy atom. The Morgan fingerprint density at radius 2 is 2.42 bits per heavy atom. The van der Waals surface area contributed by atoms with Crippen molar-refractivity contribution in [2.45, 2.75) is 6.54 Å². The van der Waals surface area contributed by atoms with Gasteiger partial charge in [0.1, 0.15) is 0 Å². The zero-order valence-corrected chi connectivity index (χ0v) is 7.72. The predicted octanol–water partition coefficient (Wildman–Crippen LogP) is 2.62. The standard InChI is InChI=1S/C8H7Cl2NO/c9-3-8(10)5-11-2-1-7(4-11)6-12/h1-4,6H,5H2/b8-3+. The van der Waals surface area contributed by atoms with Gasteiger partial charge in [0, 0.05) is 28.5 Å². The highest BCUT2D eigenvalue weighted by Crippen LogP contribution is 2.08. The summed E-state index contributed by atoms with van der Waals surface area (Å²) in [4.78, 5) is 10.3. The Balaban J connectivity index is 2.70. The summed E-state index contributed by atoms with van der Waals surface area (Å²) in [5.41, 5.74) is 1.94. The molecule has 12 heavy (non-hydrogen) atoms. The molecule has 64 valence electrons. The number of nitrogens with zero attached hydrogens (tertiary/aromatic N) is 1. The van der Waals surface area contributed by atoms with Gasteiger partial charge in [-0.15, -0.1) is 0 Å². The molecule has 0 unspecified atom stereocenters. The predicted molar refractivity (Wildman–Crippen MR) is 49.6 cm³/mol. The summed E-state index contributed by atoms with van der Waals surface area (Å²) in [5.74, 6) is 0. The summed E-state index contributed by atoms with van der Waals surface area (Å²) in [5, 5.41) is 0.532. The minimum Gasteiger partial charge on any atom is -0.348 e. The molecule has 0 N–H and O–H groups in total. The molecule has 1 rings (SSSR count). The molecule has 0 aliphatic rings. The molecular weight excluding hydrogens is 197 g/mol. The molecule has 0 radical (unpaired) electrons. The molecule has 0 saturated carbocycles. The van der Waals surface area contributed by atoms with Crippen LogP contribution in [0.1, 0.15) is 10.4 Å². The SMILES string of the molecule is O=Cc1ccn(C/C(Cl)=C\Cl)c1. The van der Waals surface area contributed by atoms with E-state index in [1.807, 2.05) is 0 Å². The molecule has 1 aromatic rings. The molecule has 0 amide bonds. The van der Waals surface area contributed by atoms with Gasteiger partial charge in [0.25, 0.3) is 0 Å². The third-order valence-corrected chi connectivity index (χ3v) is 1.97. The van der Waals surface area contributed by atoms with Crippen LogP contribution in [0.3, 0.4) is 0 Å². The summed E-state index contributed by atoms with van der Waals surface area (Å²) in [7, 11) is 0. The normalized spacial score (nSPS) is 11.7. The Bertz CT molecular complexity index is 304. The van der Waals surface area contributed by atoms with Crippen LogP contribution < -0.4 is 0 Å². The van der Waals surface area contributed by atoms with Crippen molar-refractivity contribution >= 4 is 29.5 Å². The number of aldehydes is 1. The first-order valence-corrected chi connectivity index (χ1v) is 4.13. The van der Waals surface area contributed by atoms with E-state index in [0.29, 0.717) is 17.1 Å². The van der Waals surface area contributed by atoms with Crippen molar-refractivity contribution in [2.75, 3.05) is 0 Å². The second kappa shape index (κ2) is 4.33. The van der Waals surface area contributed by atoms with Crippen molar-refractivity contribution in [1.29, 1.82) is 0 Å². The molecule has 0 fully saturated rings.